The van der Waals surface area contributed by atoms with Gasteiger partial charge in [-0.05, 0) is 63.1 Å². The predicted octanol–water partition coefficient (Wildman–Crippen LogP) is 7.90. The Labute approximate surface area is 160 Å². The van der Waals surface area contributed by atoms with Crippen LogP contribution in [0.4, 0.5) is 0 Å². The molecule has 0 heteroatoms. The fraction of sp³-hybridized carbons (Fsp3) is 0.423. The van der Waals surface area contributed by atoms with Crippen molar-refractivity contribution in [3.63, 3.8) is 0 Å². The van der Waals surface area contributed by atoms with Crippen molar-refractivity contribution in [2.24, 2.45) is 5.41 Å². The molecule has 0 fully saturated rings. The van der Waals surface area contributed by atoms with E-state index in [0.29, 0.717) is 11.8 Å². The Bertz CT molecular complexity index is 828. The fourth-order valence-corrected chi connectivity index (χ4v) is 3.69. The number of rotatable bonds is 3. The van der Waals surface area contributed by atoms with Gasteiger partial charge in [0.25, 0.3) is 0 Å². The maximum absolute atomic E-state index is 2.41. The van der Waals surface area contributed by atoms with E-state index in [0.717, 1.165) is 0 Å². The molecule has 137 valence electrons. The van der Waals surface area contributed by atoms with Gasteiger partial charge in [-0.25, -0.2) is 0 Å². The largest absolute Gasteiger partial charge is 0.0587 e. The van der Waals surface area contributed by atoms with Crippen molar-refractivity contribution in [1.82, 2.24) is 0 Å². The van der Waals surface area contributed by atoms with E-state index in [1.165, 1.54) is 44.5 Å². The Morgan fingerprint density at radius 1 is 0.808 bits per heavy atom. The fourth-order valence-electron chi connectivity index (χ4n) is 3.69. The van der Waals surface area contributed by atoms with E-state index >= 15 is 0 Å². The molecule has 0 aromatic heterocycles. The average molecular weight is 346 g/mol. The molecular formula is C26H33. The van der Waals surface area contributed by atoms with Gasteiger partial charge in [0.15, 0.2) is 0 Å². The lowest BCUT2D eigenvalue weighted by Gasteiger charge is -2.19. The highest BCUT2D eigenvalue weighted by molar-refractivity contribution is 5.86. The molecule has 0 aliphatic heterocycles. The molecule has 0 saturated heterocycles. The summed E-state index contributed by atoms with van der Waals surface area (Å²) in [5.74, 6) is 1.08. The van der Waals surface area contributed by atoms with Gasteiger partial charge in [0.1, 0.15) is 0 Å². The Morgan fingerprint density at radius 3 is 1.88 bits per heavy atom. The first-order valence-corrected chi connectivity index (χ1v) is 9.93. The summed E-state index contributed by atoms with van der Waals surface area (Å²) in [5.41, 5.74) is 11.4. The molecule has 0 amide bonds. The van der Waals surface area contributed by atoms with Crippen LogP contribution in [-0.2, 0) is 0 Å². The van der Waals surface area contributed by atoms with Crippen LogP contribution in [0.25, 0.3) is 17.2 Å². The summed E-state index contributed by atoms with van der Waals surface area (Å²) in [5, 5.41) is 0. The molecular weight excluding hydrogens is 312 g/mol. The standard InChI is InChI=1S/C26H33/c1-16(2)20-11-21(17(3)4)13-22(12-20)25-18(5)9-10-19-14-23(15-24(19)25)26(6,7)8/h9-17H,1-8H3. The molecule has 0 unspecified atom stereocenters. The van der Waals surface area contributed by atoms with Crippen LogP contribution in [-0.4, -0.2) is 0 Å². The molecule has 2 aromatic carbocycles. The van der Waals surface area contributed by atoms with E-state index in [2.05, 4.69) is 98.2 Å². The zero-order chi connectivity index (χ0) is 19.2. The van der Waals surface area contributed by atoms with Gasteiger partial charge in [0, 0.05) is 6.42 Å². The highest BCUT2D eigenvalue weighted by Crippen LogP contribution is 2.43. The van der Waals surface area contributed by atoms with Crippen molar-refractivity contribution in [3.8, 4) is 11.1 Å². The van der Waals surface area contributed by atoms with E-state index in [4.69, 9.17) is 0 Å². The van der Waals surface area contributed by atoms with Crippen molar-refractivity contribution >= 4 is 6.08 Å². The lowest BCUT2D eigenvalue weighted by molar-refractivity contribution is 0.516. The summed E-state index contributed by atoms with van der Waals surface area (Å²) in [6.07, 6.45) is 4.78. The minimum absolute atomic E-state index is 0.174. The van der Waals surface area contributed by atoms with Gasteiger partial charge in [-0.1, -0.05) is 90.4 Å². The molecule has 0 saturated carbocycles. The number of fused-ring (bicyclic) bond motifs is 1. The Hall–Kier alpha value is -1.82. The minimum atomic E-state index is 0.174. The maximum atomic E-state index is 2.41. The van der Waals surface area contributed by atoms with E-state index in [9.17, 15) is 0 Å². The van der Waals surface area contributed by atoms with Crippen molar-refractivity contribution < 1.29 is 0 Å². The SMILES string of the molecule is Cc1ccc2c(c1-c1cc(C(C)C)cc(C(C)C)c1)C=C(C(C)(C)C)[CH]2. The molecule has 1 aliphatic rings. The third-order valence-electron chi connectivity index (χ3n) is 5.56. The molecule has 0 spiro atoms. The minimum Gasteiger partial charge on any atom is -0.0587 e. The third kappa shape index (κ3) is 3.52. The number of hydrogen-bond donors (Lipinski definition) is 0. The van der Waals surface area contributed by atoms with Gasteiger partial charge in [0.2, 0.25) is 0 Å². The van der Waals surface area contributed by atoms with E-state index in [1.807, 2.05) is 0 Å². The second-order valence-corrected chi connectivity index (χ2v) is 9.45. The van der Waals surface area contributed by atoms with Gasteiger partial charge < -0.3 is 0 Å². The topological polar surface area (TPSA) is 0 Å². The number of benzene rings is 2. The monoisotopic (exact) mass is 345 g/mol. The number of allylic oxidation sites excluding steroid dienone is 1. The Morgan fingerprint density at radius 2 is 1.38 bits per heavy atom. The van der Waals surface area contributed by atoms with Crippen LogP contribution in [0.1, 0.15) is 88.1 Å². The predicted molar refractivity (Wildman–Crippen MR) is 116 cm³/mol. The first-order chi connectivity index (χ1) is 12.1. The summed E-state index contributed by atoms with van der Waals surface area (Å²) in [6.45, 7) is 18.3. The smallest absolute Gasteiger partial charge is 0.0170 e. The Balaban J connectivity index is 2.24. The second-order valence-electron chi connectivity index (χ2n) is 9.45. The van der Waals surface area contributed by atoms with Crippen LogP contribution in [0.3, 0.4) is 0 Å². The van der Waals surface area contributed by atoms with Crippen LogP contribution < -0.4 is 0 Å². The zero-order valence-electron chi connectivity index (χ0n) is 17.7. The van der Waals surface area contributed by atoms with Crippen LogP contribution in [0.2, 0.25) is 0 Å². The van der Waals surface area contributed by atoms with E-state index < -0.39 is 0 Å². The Kier molecular flexibility index (Phi) is 4.90. The molecule has 0 atom stereocenters. The van der Waals surface area contributed by atoms with Crippen LogP contribution in [0, 0.1) is 18.8 Å². The van der Waals surface area contributed by atoms with Gasteiger partial charge >= 0.3 is 0 Å². The van der Waals surface area contributed by atoms with Crippen molar-refractivity contribution in [2.75, 3.05) is 0 Å². The molecule has 26 heavy (non-hydrogen) atoms. The van der Waals surface area contributed by atoms with Crippen LogP contribution in [0.5, 0.6) is 0 Å². The van der Waals surface area contributed by atoms with Crippen molar-refractivity contribution in [1.29, 1.82) is 0 Å². The number of aryl methyl sites for hydroxylation is 1. The normalized spacial score (nSPS) is 14.2. The summed E-state index contributed by atoms with van der Waals surface area (Å²) in [7, 11) is 0. The molecule has 3 rings (SSSR count). The summed E-state index contributed by atoms with van der Waals surface area (Å²) < 4.78 is 0. The molecule has 0 N–H and O–H groups in total. The maximum Gasteiger partial charge on any atom is 0.0170 e. The van der Waals surface area contributed by atoms with E-state index in [1.54, 1.807) is 0 Å². The molecule has 0 bridgehead atoms. The average Bonchev–Trinajstić information content (AvgIpc) is 2.98. The highest BCUT2D eigenvalue weighted by atomic mass is 14.3. The first-order valence-electron chi connectivity index (χ1n) is 9.93. The first kappa shape index (κ1) is 19.0. The molecule has 2 aromatic rings. The number of hydrogen-bond acceptors (Lipinski definition) is 0. The molecule has 1 aliphatic carbocycles. The quantitative estimate of drug-likeness (QED) is 0.530. The van der Waals surface area contributed by atoms with Crippen LogP contribution in [0.15, 0.2) is 35.9 Å². The molecule has 1 radical (unpaired) electrons. The van der Waals surface area contributed by atoms with Gasteiger partial charge in [-0.3, -0.25) is 0 Å². The highest BCUT2D eigenvalue weighted by Gasteiger charge is 2.26. The van der Waals surface area contributed by atoms with E-state index in [-0.39, 0.29) is 5.41 Å². The zero-order valence-corrected chi connectivity index (χ0v) is 17.7. The van der Waals surface area contributed by atoms with Crippen molar-refractivity contribution in [2.45, 2.75) is 67.2 Å². The lowest BCUT2D eigenvalue weighted by Crippen LogP contribution is -2.07. The molecule has 0 heterocycles. The molecule has 0 nitrogen and oxygen atoms in total. The van der Waals surface area contributed by atoms with Gasteiger partial charge in [0.05, 0.1) is 0 Å². The summed E-state index contributed by atoms with van der Waals surface area (Å²) in [4.78, 5) is 0. The van der Waals surface area contributed by atoms with Gasteiger partial charge in [-0.15, -0.1) is 0 Å². The lowest BCUT2D eigenvalue weighted by atomic mass is 9.85. The third-order valence-corrected chi connectivity index (χ3v) is 5.56. The van der Waals surface area contributed by atoms with Crippen LogP contribution >= 0.6 is 0 Å². The second kappa shape index (κ2) is 6.72. The van der Waals surface area contributed by atoms with Crippen molar-refractivity contribution in [3.05, 3.63) is 70.1 Å². The summed E-state index contributed by atoms with van der Waals surface area (Å²) >= 11 is 0. The summed E-state index contributed by atoms with van der Waals surface area (Å²) in [6, 6.07) is 11.8. The van der Waals surface area contributed by atoms with Gasteiger partial charge in [-0.2, -0.15) is 0 Å².